The summed E-state index contributed by atoms with van der Waals surface area (Å²) in [6, 6.07) is 6.21. The molecule has 0 radical (unpaired) electrons. The Kier molecular flexibility index (Phi) is 5.13. The zero-order valence-corrected chi connectivity index (χ0v) is 14.5. The van der Waals surface area contributed by atoms with Crippen LogP contribution in [0.5, 0.6) is 0 Å². The number of quaternary nitrogens is 1. The van der Waals surface area contributed by atoms with E-state index in [0.717, 1.165) is 19.6 Å². The number of nitro benzene ring substituents is 1. The summed E-state index contributed by atoms with van der Waals surface area (Å²) in [6.07, 6.45) is 0. The number of halogens is 1. The molecule has 126 valence electrons. The molecule has 2 heterocycles. The molecule has 0 spiro atoms. The summed E-state index contributed by atoms with van der Waals surface area (Å²) < 4.78 is 0. The number of thiophene rings is 1. The van der Waals surface area contributed by atoms with Crippen molar-refractivity contribution in [2.75, 3.05) is 26.2 Å². The second-order valence-corrected chi connectivity index (χ2v) is 6.99. The standard InChI is InChI=1S/C16H16ClN3O3S/c17-13-1-2-15(20(22)23)14(9-13)16(21)19-6-4-18(5-7-19)10-12-3-8-24-11-12/h1-3,8-9,11H,4-7,10H2/p+1. The fraction of sp³-hybridized carbons (Fsp3) is 0.312. The van der Waals surface area contributed by atoms with Crippen molar-refractivity contribution in [3.63, 3.8) is 0 Å². The van der Waals surface area contributed by atoms with Gasteiger partial charge in [0.15, 0.2) is 0 Å². The van der Waals surface area contributed by atoms with Crippen molar-refractivity contribution >= 4 is 34.5 Å². The molecule has 8 heteroatoms. The maximum Gasteiger partial charge on any atom is 0.282 e. The van der Waals surface area contributed by atoms with Crippen LogP contribution in [-0.2, 0) is 6.54 Å². The molecule has 0 unspecified atom stereocenters. The third-order valence-corrected chi connectivity index (χ3v) is 5.14. The van der Waals surface area contributed by atoms with Crippen LogP contribution in [0, 0.1) is 10.1 Å². The molecule has 2 aromatic rings. The average Bonchev–Trinajstić information content (AvgIpc) is 3.07. The maximum absolute atomic E-state index is 12.7. The van der Waals surface area contributed by atoms with Crippen molar-refractivity contribution in [3.05, 3.63) is 61.3 Å². The van der Waals surface area contributed by atoms with Crippen LogP contribution in [0.3, 0.4) is 0 Å². The van der Waals surface area contributed by atoms with Crippen molar-refractivity contribution in [1.29, 1.82) is 0 Å². The van der Waals surface area contributed by atoms with Gasteiger partial charge in [0, 0.05) is 16.7 Å². The number of benzene rings is 1. The van der Waals surface area contributed by atoms with Gasteiger partial charge in [0.05, 0.1) is 31.1 Å². The molecule has 1 aliphatic heterocycles. The average molecular weight is 367 g/mol. The first-order valence-electron chi connectivity index (χ1n) is 7.62. The van der Waals surface area contributed by atoms with Crippen molar-refractivity contribution in [1.82, 2.24) is 4.90 Å². The molecule has 3 rings (SSSR count). The van der Waals surface area contributed by atoms with Crippen molar-refractivity contribution in [2.24, 2.45) is 0 Å². The molecule has 0 saturated carbocycles. The highest BCUT2D eigenvalue weighted by atomic mass is 35.5. The Morgan fingerprint density at radius 3 is 2.71 bits per heavy atom. The molecule has 24 heavy (non-hydrogen) atoms. The third-order valence-electron chi connectivity index (χ3n) is 4.18. The summed E-state index contributed by atoms with van der Waals surface area (Å²) in [5.74, 6) is -0.321. The van der Waals surface area contributed by atoms with Gasteiger partial charge in [-0.1, -0.05) is 11.6 Å². The van der Waals surface area contributed by atoms with Gasteiger partial charge >= 0.3 is 0 Å². The lowest BCUT2D eigenvalue weighted by molar-refractivity contribution is -0.917. The second-order valence-electron chi connectivity index (χ2n) is 5.77. The van der Waals surface area contributed by atoms with Crippen LogP contribution < -0.4 is 4.90 Å². The van der Waals surface area contributed by atoms with Crippen LogP contribution in [0.15, 0.2) is 35.0 Å². The molecule has 1 saturated heterocycles. The van der Waals surface area contributed by atoms with E-state index in [1.54, 1.807) is 16.2 Å². The Morgan fingerprint density at radius 1 is 1.33 bits per heavy atom. The van der Waals surface area contributed by atoms with E-state index in [1.807, 2.05) is 0 Å². The maximum atomic E-state index is 12.7. The van der Waals surface area contributed by atoms with E-state index in [4.69, 9.17) is 11.6 Å². The van der Waals surface area contributed by atoms with Gasteiger partial charge in [0.25, 0.3) is 11.6 Å². The molecule has 0 atom stereocenters. The minimum Gasteiger partial charge on any atom is -0.328 e. The topological polar surface area (TPSA) is 67.9 Å². The lowest BCUT2D eigenvalue weighted by Crippen LogP contribution is -3.13. The highest BCUT2D eigenvalue weighted by molar-refractivity contribution is 7.07. The Balaban J connectivity index is 1.67. The Bertz CT molecular complexity index is 743. The summed E-state index contributed by atoms with van der Waals surface area (Å²) >= 11 is 7.59. The van der Waals surface area contributed by atoms with Gasteiger partial charge in [-0.25, -0.2) is 0 Å². The third kappa shape index (κ3) is 3.75. The van der Waals surface area contributed by atoms with E-state index in [0.29, 0.717) is 18.1 Å². The normalized spacial score (nSPS) is 15.5. The summed E-state index contributed by atoms with van der Waals surface area (Å²) in [5.41, 5.74) is 1.17. The number of carbonyl (C=O) groups is 1. The molecule has 6 nitrogen and oxygen atoms in total. The van der Waals surface area contributed by atoms with Crippen LogP contribution >= 0.6 is 22.9 Å². The quantitative estimate of drug-likeness (QED) is 0.663. The summed E-state index contributed by atoms with van der Waals surface area (Å²) in [7, 11) is 0. The van der Waals surface area contributed by atoms with E-state index in [9.17, 15) is 14.9 Å². The smallest absolute Gasteiger partial charge is 0.282 e. The molecule has 1 aromatic heterocycles. The van der Waals surface area contributed by atoms with Gasteiger partial charge in [-0.15, -0.1) is 0 Å². The Labute approximate surface area is 148 Å². The number of piperazine rings is 1. The first-order valence-corrected chi connectivity index (χ1v) is 8.94. The highest BCUT2D eigenvalue weighted by Gasteiger charge is 2.29. The number of amides is 1. The zero-order chi connectivity index (χ0) is 17.1. The Hall–Kier alpha value is -1.96. The van der Waals surface area contributed by atoms with E-state index in [2.05, 4.69) is 16.8 Å². The van der Waals surface area contributed by atoms with Gasteiger partial charge in [0.2, 0.25) is 0 Å². The van der Waals surface area contributed by atoms with Crippen molar-refractivity contribution < 1.29 is 14.6 Å². The zero-order valence-electron chi connectivity index (χ0n) is 12.9. The summed E-state index contributed by atoms with van der Waals surface area (Å²) in [5, 5.41) is 15.7. The highest BCUT2D eigenvalue weighted by Crippen LogP contribution is 2.24. The predicted molar refractivity (Wildman–Crippen MR) is 92.7 cm³/mol. The lowest BCUT2D eigenvalue weighted by Gasteiger charge is -2.32. The first-order chi connectivity index (χ1) is 11.5. The fourth-order valence-electron chi connectivity index (χ4n) is 2.89. The first kappa shape index (κ1) is 16.9. The van der Waals surface area contributed by atoms with Gasteiger partial charge in [-0.2, -0.15) is 11.3 Å². The number of nitrogens with one attached hydrogen (secondary N) is 1. The van der Waals surface area contributed by atoms with Gasteiger partial charge in [-0.05, 0) is 29.0 Å². The lowest BCUT2D eigenvalue weighted by atomic mass is 10.1. The molecule has 1 N–H and O–H groups in total. The molecule has 0 aliphatic carbocycles. The summed E-state index contributed by atoms with van der Waals surface area (Å²) in [6.45, 7) is 3.78. The van der Waals surface area contributed by atoms with Crippen LogP contribution in [0.25, 0.3) is 0 Å². The number of hydrogen-bond acceptors (Lipinski definition) is 4. The molecule has 0 bridgehead atoms. The van der Waals surface area contributed by atoms with Crippen LogP contribution in [0.1, 0.15) is 15.9 Å². The largest absolute Gasteiger partial charge is 0.328 e. The van der Waals surface area contributed by atoms with Crippen LogP contribution in [0.2, 0.25) is 5.02 Å². The monoisotopic (exact) mass is 366 g/mol. The van der Waals surface area contributed by atoms with Crippen molar-refractivity contribution in [3.8, 4) is 0 Å². The number of carbonyl (C=O) groups excluding carboxylic acids is 1. The van der Waals surface area contributed by atoms with Gasteiger partial charge in [-0.3, -0.25) is 14.9 Å². The number of nitro groups is 1. The molecule has 1 aliphatic rings. The van der Waals surface area contributed by atoms with Crippen LogP contribution in [-0.4, -0.2) is 41.9 Å². The SMILES string of the molecule is O=C(c1cc(Cl)ccc1[N+](=O)[O-])N1CC[NH+](Cc2ccsc2)CC1. The number of nitrogens with zero attached hydrogens (tertiary/aromatic N) is 2. The van der Waals surface area contributed by atoms with Crippen molar-refractivity contribution in [2.45, 2.75) is 6.54 Å². The predicted octanol–water partition coefficient (Wildman–Crippen LogP) is 1.85. The van der Waals surface area contributed by atoms with Crippen LogP contribution in [0.4, 0.5) is 5.69 Å². The summed E-state index contributed by atoms with van der Waals surface area (Å²) in [4.78, 5) is 26.3. The van der Waals surface area contributed by atoms with Gasteiger partial charge in [0.1, 0.15) is 12.1 Å². The minimum atomic E-state index is -0.540. The van der Waals surface area contributed by atoms with E-state index in [-0.39, 0.29) is 17.2 Å². The number of hydrogen-bond donors (Lipinski definition) is 1. The minimum absolute atomic E-state index is 0.0637. The molecule has 1 amide bonds. The molecule has 1 aromatic carbocycles. The molecule has 1 fully saturated rings. The van der Waals surface area contributed by atoms with E-state index < -0.39 is 4.92 Å². The molecular weight excluding hydrogens is 350 g/mol. The molecular formula is C16H17ClN3O3S+. The van der Waals surface area contributed by atoms with Gasteiger partial charge < -0.3 is 9.80 Å². The number of rotatable bonds is 4. The Morgan fingerprint density at radius 2 is 2.08 bits per heavy atom. The fourth-order valence-corrected chi connectivity index (χ4v) is 3.73. The second kappa shape index (κ2) is 7.29. The van der Waals surface area contributed by atoms with E-state index >= 15 is 0 Å². The van der Waals surface area contributed by atoms with E-state index in [1.165, 1.54) is 28.7 Å².